The van der Waals surface area contributed by atoms with Gasteiger partial charge in [-0.2, -0.15) is 0 Å². The van der Waals surface area contributed by atoms with Crippen molar-refractivity contribution in [2.75, 3.05) is 39.4 Å². The zero-order valence-corrected chi connectivity index (χ0v) is 10.2. The largest absolute Gasteiger partial charge is 0.378 e. The molecule has 0 atom stereocenters. The fourth-order valence-corrected chi connectivity index (χ4v) is 2.04. The van der Waals surface area contributed by atoms with E-state index >= 15 is 0 Å². The van der Waals surface area contributed by atoms with Crippen LogP contribution in [-0.4, -0.2) is 50.2 Å². The van der Waals surface area contributed by atoms with Crippen LogP contribution in [0.2, 0.25) is 0 Å². The minimum Gasteiger partial charge on any atom is -0.378 e. The van der Waals surface area contributed by atoms with Gasteiger partial charge in [-0.1, -0.05) is 18.2 Å². The van der Waals surface area contributed by atoms with Crippen molar-refractivity contribution in [1.29, 1.82) is 0 Å². The number of nitrogens with one attached hydrogen (secondary N) is 1. The van der Waals surface area contributed by atoms with Gasteiger partial charge in [0.2, 0.25) is 5.91 Å². The molecule has 2 rings (SSSR count). The Morgan fingerprint density at radius 1 is 1.35 bits per heavy atom. The van der Waals surface area contributed by atoms with Crippen molar-refractivity contribution in [1.82, 2.24) is 10.2 Å². The number of rotatable bonds is 4. The number of nitrogens with zero attached hydrogens (tertiary/aromatic N) is 1. The molecule has 0 saturated carbocycles. The van der Waals surface area contributed by atoms with Gasteiger partial charge in [0.1, 0.15) is 0 Å². The summed E-state index contributed by atoms with van der Waals surface area (Å²) in [7, 11) is 0. The molecule has 1 N–H and O–H groups in total. The molecule has 4 nitrogen and oxygen atoms in total. The number of morpholine rings is 1. The maximum absolute atomic E-state index is 11.8. The lowest BCUT2D eigenvalue weighted by Gasteiger charge is -2.27. The van der Waals surface area contributed by atoms with Gasteiger partial charge >= 0.3 is 0 Å². The summed E-state index contributed by atoms with van der Waals surface area (Å²) in [6, 6.07) is 0. The van der Waals surface area contributed by atoms with Crippen molar-refractivity contribution < 1.29 is 9.53 Å². The van der Waals surface area contributed by atoms with Gasteiger partial charge in [-0.3, -0.25) is 4.79 Å². The van der Waals surface area contributed by atoms with Gasteiger partial charge in [0.15, 0.2) is 0 Å². The first kappa shape index (κ1) is 12.3. The van der Waals surface area contributed by atoms with Crippen molar-refractivity contribution in [3.05, 3.63) is 23.8 Å². The van der Waals surface area contributed by atoms with Crippen LogP contribution in [0.3, 0.4) is 0 Å². The fourth-order valence-electron chi connectivity index (χ4n) is 2.04. The van der Waals surface area contributed by atoms with E-state index in [0.717, 1.165) is 32.5 Å². The fraction of sp³-hybridized carbons (Fsp3) is 0.615. The second-order valence-corrected chi connectivity index (χ2v) is 4.36. The first-order chi connectivity index (χ1) is 8.36. The van der Waals surface area contributed by atoms with Gasteiger partial charge < -0.3 is 15.0 Å². The molecule has 0 aromatic rings. The van der Waals surface area contributed by atoms with Crippen LogP contribution in [0, 0.1) is 0 Å². The first-order valence-electron chi connectivity index (χ1n) is 6.28. The molecule has 1 aliphatic heterocycles. The predicted octanol–water partition coefficient (Wildman–Crippen LogP) is 0.711. The summed E-state index contributed by atoms with van der Waals surface area (Å²) in [6.45, 7) is 3.99. The number of ether oxygens (including phenoxy) is 1. The van der Waals surface area contributed by atoms with E-state index in [1.54, 1.807) is 0 Å². The van der Waals surface area contributed by atoms with Crippen LogP contribution in [0.1, 0.15) is 12.8 Å². The van der Waals surface area contributed by atoms with Crippen LogP contribution in [0.25, 0.3) is 0 Å². The Morgan fingerprint density at radius 2 is 2.18 bits per heavy atom. The van der Waals surface area contributed by atoms with Crippen LogP contribution in [0.4, 0.5) is 0 Å². The molecule has 0 radical (unpaired) electrons. The average molecular weight is 236 g/mol. The lowest BCUT2D eigenvalue weighted by atomic mass is 10.1. The maximum atomic E-state index is 11.8. The molecule has 1 fully saturated rings. The standard InChI is InChI=1S/C13H20N2O2/c16-13(15-6-8-17-9-7-15)11-14-10-12-4-2-1-3-5-12/h2,4-5,14H,1,3,6-11H2. The number of amides is 1. The Hall–Kier alpha value is -1.13. The van der Waals surface area contributed by atoms with Crippen molar-refractivity contribution in [2.45, 2.75) is 12.8 Å². The van der Waals surface area contributed by atoms with E-state index < -0.39 is 0 Å². The first-order valence-corrected chi connectivity index (χ1v) is 6.28. The van der Waals surface area contributed by atoms with Crippen LogP contribution in [0.15, 0.2) is 23.8 Å². The molecular weight excluding hydrogens is 216 g/mol. The van der Waals surface area contributed by atoms with Gasteiger partial charge in [-0.15, -0.1) is 0 Å². The zero-order chi connectivity index (χ0) is 11.9. The maximum Gasteiger partial charge on any atom is 0.236 e. The molecule has 1 aliphatic carbocycles. The second kappa shape index (κ2) is 6.57. The molecule has 94 valence electrons. The van der Waals surface area contributed by atoms with E-state index in [2.05, 4.69) is 23.5 Å². The Bertz CT molecular complexity index is 317. The normalized spacial score (nSPS) is 20.2. The van der Waals surface area contributed by atoms with Crippen LogP contribution < -0.4 is 5.32 Å². The van der Waals surface area contributed by atoms with Crippen LogP contribution in [-0.2, 0) is 9.53 Å². The Labute approximate surface area is 102 Å². The highest BCUT2D eigenvalue weighted by molar-refractivity contribution is 5.78. The molecule has 17 heavy (non-hydrogen) atoms. The van der Waals surface area contributed by atoms with E-state index in [-0.39, 0.29) is 5.91 Å². The number of carbonyl (C=O) groups excluding carboxylic acids is 1. The van der Waals surface area contributed by atoms with Crippen LogP contribution >= 0.6 is 0 Å². The SMILES string of the molecule is O=C(CNCC1=CCCC=C1)N1CCOCC1. The van der Waals surface area contributed by atoms with Gasteiger partial charge in [0.05, 0.1) is 19.8 Å². The molecule has 0 aromatic carbocycles. The highest BCUT2D eigenvalue weighted by Gasteiger charge is 2.15. The Morgan fingerprint density at radius 3 is 2.88 bits per heavy atom. The van der Waals surface area contributed by atoms with E-state index in [1.165, 1.54) is 5.57 Å². The molecule has 1 amide bonds. The number of allylic oxidation sites excluding steroid dienone is 2. The molecule has 1 heterocycles. The topological polar surface area (TPSA) is 41.6 Å². The van der Waals surface area contributed by atoms with Gasteiger partial charge in [-0.25, -0.2) is 0 Å². The van der Waals surface area contributed by atoms with Crippen molar-refractivity contribution >= 4 is 5.91 Å². The highest BCUT2D eigenvalue weighted by Crippen LogP contribution is 2.08. The number of carbonyl (C=O) groups is 1. The summed E-state index contributed by atoms with van der Waals surface area (Å²) < 4.78 is 5.22. The third-order valence-electron chi connectivity index (χ3n) is 3.04. The second-order valence-electron chi connectivity index (χ2n) is 4.36. The zero-order valence-electron chi connectivity index (χ0n) is 10.2. The van der Waals surface area contributed by atoms with Gasteiger partial charge in [0.25, 0.3) is 0 Å². The summed E-state index contributed by atoms with van der Waals surface area (Å²) in [6.07, 6.45) is 8.80. The van der Waals surface area contributed by atoms with Gasteiger partial charge in [0, 0.05) is 19.6 Å². The molecule has 0 unspecified atom stereocenters. The molecular formula is C13H20N2O2. The minimum atomic E-state index is 0.175. The molecule has 1 saturated heterocycles. The van der Waals surface area contributed by atoms with Crippen molar-refractivity contribution in [3.8, 4) is 0 Å². The van der Waals surface area contributed by atoms with E-state index in [0.29, 0.717) is 19.8 Å². The summed E-state index contributed by atoms with van der Waals surface area (Å²) >= 11 is 0. The molecule has 4 heteroatoms. The smallest absolute Gasteiger partial charge is 0.236 e. The van der Waals surface area contributed by atoms with E-state index in [1.807, 2.05) is 4.90 Å². The molecule has 2 aliphatic rings. The monoisotopic (exact) mass is 236 g/mol. The molecule has 0 bridgehead atoms. The minimum absolute atomic E-state index is 0.175. The molecule has 0 aromatic heterocycles. The van der Waals surface area contributed by atoms with E-state index in [4.69, 9.17) is 4.74 Å². The third kappa shape index (κ3) is 3.98. The Balaban J connectivity index is 1.65. The van der Waals surface area contributed by atoms with E-state index in [9.17, 15) is 4.79 Å². The van der Waals surface area contributed by atoms with Crippen molar-refractivity contribution in [3.63, 3.8) is 0 Å². The Kier molecular flexibility index (Phi) is 4.76. The number of hydrogen-bond acceptors (Lipinski definition) is 3. The summed E-state index contributed by atoms with van der Waals surface area (Å²) in [5.41, 5.74) is 1.28. The predicted molar refractivity (Wildman–Crippen MR) is 66.7 cm³/mol. The lowest BCUT2D eigenvalue weighted by molar-refractivity contribution is -0.134. The van der Waals surface area contributed by atoms with Gasteiger partial charge in [-0.05, 0) is 18.4 Å². The summed E-state index contributed by atoms with van der Waals surface area (Å²) in [5.74, 6) is 0.175. The summed E-state index contributed by atoms with van der Waals surface area (Å²) in [4.78, 5) is 13.7. The third-order valence-corrected chi connectivity index (χ3v) is 3.04. The van der Waals surface area contributed by atoms with Crippen LogP contribution in [0.5, 0.6) is 0 Å². The highest BCUT2D eigenvalue weighted by atomic mass is 16.5. The quantitative estimate of drug-likeness (QED) is 0.781. The average Bonchev–Trinajstić information content (AvgIpc) is 2.41. The number of hydrogen-bond donors (Lipinski definition) is 1. The molecule has 0 spiro atoms. The lowest BCUT2D eigenvalue weighted by Crippen LogP contribution is -2.44. The van der Waals surface area contributed by atoms with Crippen molar-refractivity contribution in [2.24, 2.45) is 0 Å². The summed E-state index contributed by atoms with van der Waals surface area (Å²) in [5, 5.41) is 3.20.